The average Bonchev–Trinajstić information content (AvgIpc) is 3.79. The molecule has 20 heteroatoms. The lowest BCUT2D eigenvalue weighted by atomic mass is 10.0. The maximum absolute atomic E-state index is 13.1. The van der Waals surface area contributed by atoms with Gasteiger partial charge in [-0.15, -0.1) is 34.4 Å². The number of hydrogen-bond donors (Lipinski definition) is 5. The summed E-state index contributed by atoms with van der Waals surface area (Å²) in [6.45, 7) is 0.153. The Morgan fingerprint density at radius 1 is 1.22 bits per heavy atom. The number of fused-ring (bicyclic) bond motifs is 1. The second-order valence-electron chi connectivity index (χ2n) is 9.66. The summed E-state index contributed by atoms with van der Waals surface area (Å²) in [5, 5.41) is 35.5. The van der Waals surface area contributed by atoms with Crippen LogP contribution in [0, 0.1) is 0 Å². The number of amides is 2. The monoisotopic (exact) mass is 699 g/mol. The molecule has 46 heavy (non-hydrogen) atoms. The first-order valence-corrected chi connectivity index (χ1v) is 16.8. The highest BCUT2D eigenvalue weighted by atomic mass is 32.2. The lowest BCUT2D eigenvalue weighted by molar-refractivity contribution is -0.150. The maximum atomic E-state index is 13.1. The van der Waals surface area contributed by atoms with Gasteiger partial charge in [0.25, 0.3) is 11.8 Å². The molecule has 4 aromatic heterocycles. The molecule has 1 fully saturated rings. The van der Waals surface area contributed by atoms with Gasteiger partial charge in [0.05, 0.1) is 24.3 Å². The van der Waals surface area contributed by atoms with Crippen LogP contribution in [0.25, 0.3) is 11.3 Å². The van der Waals surface area contributed by atoms with Gasteiger partial charge in [0.15, 0.2) is 15.2 Å². The first-order valence-electron chi connectivity index (χ1n) is 13.1. The summed E-state index contributed by atoms with van der Waals surface area (Å²) in [4.78, 5) is 68.2. The number of carboxylic acid groups (broad SMARTS) is 2. The molecule has 0 aromatic carbocycles. The number of carbonyl (C=O) groups excluding carboxylic acids is 2. The molecule has 6 heterocycles. The van der Waals surface area contributed by atoms with Crippen molar-refractivity contribution in [2.45, 2.75) is 22.3 Å². The lowest BCUT2D eigenvalue weighted by Gasteiger charge is -2.49. The zero-order valence-electron chi connectivity index (χ0n) is 23.1. The third kappa shape index (κ3) is 6.06. The van der Waals surface area contributed by atoms with Crippen LogP contribution in [0.3, 0.4) is 0 Å². The Balaban J connectivity index is 1.14. The SMILES string of the molecule is Nc1nc(/C(=N\O)C(=O)N[C@@H]2C(=O)N3C(C(=O)O)=C(CSc4nc(Cn5cnc(-c6cccnc6)c5)c(C(=O)O)s4)CS[C@H]23)cs1. The van der Waals surface area contributed by atoms with Crippen LogP contribution in [-0.2, 0) is 20.9 Å². The van der Waals surface area contributed by atoms with Crippen LogP contribution in [0.15, 0.2) is 63.2 Å². The Morgan fingerprint density at radius 2 is 2.04 bits per heavy atom. The van der Waals surface area contributed by atoms with E-state index in [4.69, 9.17) is 5.73 Å². The quantitative estimate of drug-likeness (QED) is 0.0494. The Labute approximate surface area is 275 Å². The number of anilines is 1. The number of thioether (sulfide) groups is 2. The Hall–Kier alpha value is -4.79. The van der Waals surface area contributed by atoms with Crippen molar-refractivity contribution in [1.29, 1.82) is 0 Å². The largest absolute Gasteiger partial charge is 0.477 e. The molecular weight excluding hydrogens is 679 g/mol. The Bertz CT molecular complexity index is 1920. The van der Waals surface area contributed by atoms with Crippen LogP contribution in [0.5, 0.6) is 0 Å². The standard InChI is InChI=1S/C26H21N9O7S4/c27-25-30-15(9-44-25)16(33-42)20(36)32-17-21(37)35-18(23(38)39)12(7-43-22(17)35)8-45-26-31-14(19(46-26)24(40)41)6-34-5-13(29-10-34)11-2-1-3-28-4-11/h1-5,9-10,17,22,42H,6-8H2,(H2,27,30)(H,32,36)(H,38,39)(H,40,41)/b33-16+/t17-,22-/m1/s1. The second kappa shape index (κ2) is 12.9. The topological polar surface area (TPSA) is 239 Å². The third-order valence-corrected chi connectivity index (χ3v) is 11.1. The number of aliphatic carboxylic acids is 1. The summed E-state index contributed by atoms with van der Waals surface area (Å²) in [7, 11) is 0. The first-order chi connectivity index (χ1) is 22.1. The number of carbonyl (C=O) groups is 4. The van der Waals surface area contributed by atoms with Crippen LogP contribution in [0.4, 0.5) is 5.13 Å². The number of nitrogens with two attached hydrogens (primary N) is 1. The number of aromatic carboxylic acids is 1. The molecule has 2 amide bonds. The van der Waals surface area contributed by atoms with E-state index in [2.05, 4.69) is 30.4 Å². The molecule has 0 saturated carbocycles. The van der Waals surface area contributed by atoms with Crippen molar-refractivity contribution in [2.75, 3.05) is 17.2 Å². The van der Waals surface area contributed by atoms with Gasteiger partial charge in [0.2, 0.25) is 0 Å². The molecule has 0 aliphatic carbocycles. The van der Waals surface area contributed by atoms with Crippen molar-refractivity contribution >= 4 is 80.8 Å². The molecular formula is C26H21N9O7S4. The predicted octanol–water partition coefficient (Wildman–Crippen LogP) is 1.90. The fourth-order valence-electron chi connectivity index (χ4n) is 4.71. The van der Waals surface area contributed by atoms with Crippen LogP contribution >= 0.6 is 46.2 Å². The van der Waals surface area contributed by atoms with Gasteiger partial charge in [0.1, 0.15) is 27.7 Å². The number of oxime groups is 1. The summed E-state index contributed by atoms with van der Waals surface area (Å²) < 4.78 is 2.14. The molecule has 2 aliphatic rings. The van der Waals surface area contributed by atoms with E-state index in [0.29, 0.717) is 21.3 Å². The number of hydrogen-bond acceptors (Lipinski definition) is 15. The minimum Gasteiger partial charge on any atom is -0.477 e. The number of pyridine rings is 1. The summed E-state index contributed by atoms with van der Waals surface area (Å²) in [5.74, 6) is -3.60. The summed E-state index contributed by atoms with van der Waals surface area (Å²) in [5.41, 5.74) is 7.23. The van der Waals surface area contributed by atoms with Gasteiger partial charge >= 0.3 is 11.9 Å². The van der Waals surface area contributed by atoms with Gasteiger partial charge in [0, 0.05) is 41.0 Å². The number of thiazole rings is 2. The van der Waals surface area contributed by atoms with Crippen molar-refractivity contribution in [2.24, 2.45) is 5.16 Å². The smallest absolute Gasteiger partial charge is 0.352 e. The maximum Gasteiger partial charge on any atom is 0.352 e. The highest BCUT2D eigenvalue weighted by Gasteiger charge is 2.54. The van der Waals surface area contributed by atoms with Crippen LogP contribution in [-0.4, -0.2) is 97.2 Å². The molecule has 6 rings (SSSR count). The number of carboxylic acids is 2. The number of rotatable bonds is 11. The molecule has 236 valence electrons. The molecule has 2 aliphatic heterocycles. The van der Waals surface area contributed by atoms with Crippen molar-refractivity contribution in [3.8, 4) is 11.3 Å². The van der Waals surface area contributed by atoms with E-state index in [9.17, 15) is 34.6 Å². The lowest BCUT2D eigenvalue weighted by Crippen LogP contribution is -2.71. The van der Waals surface area contributed by atoms with Gasteiger partial charge in [-0.3, -0.25) is 19.5 Å². The number of nitrogens with zero attached hydrogens (tertiary/aromatic N) is 7. The van der Waals surface area contributed by atoms with E-state index >= 15 is 0 Å². The predicted molar refractivity (Wildman–Crippen MR) is 169 cm³/mol. The highest BCUT2D eigenvalue weighted by molar-refractivity contribution is 8.01. The summed E-state index contributed by atoms with van der Waals surface area (Å²) in [6, 6.07) is 2.59. The van der Waals surface area contributed by atoms with E-state index in [1.165, 1.54) is 28.9 Å². The molecule has 0 radical (unpaired) electrons. The number of nitrogens with one attached hydrogen (secondary N) is 1. The van der Waals surface area contributed by atoms with Gasteiger partial charge in [-0.05, 0) is 17.7 Å². The molecule has 16 nitrogen and oxygen atoms in total. The van der Waals surface area contributed by atoms with Crippen molar-refractivity contribution in [1.82, 2.24) is 34.7 Å². The molecule has 0 bridgehead atoms. The number of nitrogen functional groups attached to an aromatic ring is 1. The molecule has 1 saturated heterocycles. The van der Waals surface area contributed by atoms with E-state index in [1.807, 2.05) is 6.07 Å². The van der Waals surface area contributed by atoms with Gasteiger partial charge < -0.3 is 31.0 Å². The van der Waals surface area contributed by atoms with E-state index < -0.39 is 40.9 Å². The molecule has 4 aromatic rings. The van der Waals surface area contributed by atoms with Crippen molar-refractivity contribution in [3.05, 3.63) is 70.0 Å². The fraction of sp³-hybridized carbons (Fsp3) is 0.192. The van der Waals surface area contributed by atoms with Crippen molar-refractivity contribution < 1.29 is 34.6 Å². The third-order valence-electron chi connectivity index (χ3n) is 6.78. The first kappa shape index (κ1) is 31.2. The van der Waals surface area contributed by atoms with Gasteiger partial charge in [-0.25, -0.2) is 24.5 Å². The summed E-state index contributed by atoms with van der Waals surface area (Å²) >= 11 is 4.44. The Morgan fingerprint density at radius 3 is 2.72 bits per heavy atom. The van der Waals surface area contributed by atoms with Crippen LogP contribution < -0.4 is 11.1 Å². The van der Waals surface area contributed by atoms with E-state index in [0.717, 1.165) is 33.1 Å². The van der Waals surface area contributed by atoms with Crippen LogP contribution in [0.1, 0.15) is 21.1 Å². The normalized spacial score (nSPS) is 17.9. The second-order valence-corrected chi connectivity index (χ2v) is 13.9. The van der Waals surface area contributed by atoms with Gasteiger partial charge in [-0.1, -0.05) is 16.9 Å². The van der Waals surface area contributed by atoms with E-state index in [1.54, 1.807) is 35.6 Å². The zero-order chi connectivity index (χ0) is 32.5. The Kier molecular flexibility index (Phi) is 8.75. The van der Waals surface area contributed by atoms with Crippen LogP contribution in [0.2, 0.25) is 0 Å². The fourth-order valence-corrected chi connectivity index (χ4v) is 8.75. The molecule has 2 atom stereocenters. The number of imidazole rings is 1. The van der Waals surface area contributed by atoms with Gasteiger partial charge in [-0.2, -0.15) is 0 Å². The van der Waals surface area contributed by atoms with E-state index in [-0.39, 0.29) is 39.5 Å². The summed E-state index contributed by atoms with van der Waals surface area (Å²) in [6.07, 6.45) is 6.66. The number of aromatic nitrogens is 5. The number of β-lactam (4-membered cyclic amide) rings is 1. The molecule has 0 unspecified atom stereocenters. The van der Waals surface area contributed by atoms with Crippen molar-refractivity contribution in [3.63, 3.8) is 0 Å². The minimum atomic E-state index is -1.31. The molecule has 6 N–H and O–H groups in total. The molecule has 0 spiro atoms. The minimum absolute atomic E-state index is 0.0313. The highest BCUT2D eigenvalue weighted by Crippen LogP contribution is 2.42. The average molecular weight is 700 g/mol. The zero-order valence-corrected chi connectivity index (χ0v) is 26.4.